The molecular weight excluding hydrogens is 188 g/mol. The fraction of sp³-hybridized carbons (Fsp3) is 0.917. The summed E-state index contributed by atoms with van der Waals surface area (Å²) in [5.41, 5.74) is 0. The maximum absolute atomic E-state index is 8.42. The molecule has 0 spiro atoms. The van der Waals surface area contributed by atoms with Gasteiger partial charge in [0, 0.05) is 26.1 Å². The highest BCUT2D eigenvalue weighted by Crippen LogP contribution is 2.14. The van der Waals surface area contributed by atoms with Crippen molar-refractivity contribution in [2.75, 3.05) is 26.2 Å². The van der Waals surface area contributed by atoms with Gasteiger partial charge < -0.3 is 9.64 Å². The Morgan fingerprint density at radius 3 is 2.67 bits per heavy atom. The van der Waals surface area contributed by atoms with E-state index in [1.807, 2.05) is 0 Å². The summed E-state index contributed by atoms with van der Waals surface area (Å²) in [5.74, 6) is 0. The van der Waals surface area contributed by atoms with Gasteiger partial charge in [0.1, 0.15) is 0 Å². The fourth-order valence-electron chi connectivity index (χ4n) is 2.07. The van der Waals surface area contributed by atoms with E-state index in [1.54, 1.807) is 0 Å². The number of hydrogen-bond donors (Lipinski definition) is 0. The molecule has 3 heteroatoms. The average Bonchev–Trinajstić information content (AvgIpc) is 2.27. The van der Waals surface area contributed by atoms with Gasteiger partial charge in [-0.2, -0.15) is 5.26 Å². The van der Waals surface area contributed by atoms with Crippen molar-refractivity contribution in [2.24, 2.45) is 0 Å². The number of rotatable bonds is 6. The molecule has 15 heavy (non-hydrogen) atoms. The summed E-state index contributed by atoms with van der Waals surface area (Å²) in [5, 5.41) is 8.42. The Balaban J connectivity index is 2.02. The summed E-state index contributed by atoms with van der Waals surface area (Å²) < 4.78 is 5.60. The number of unbranched alkanes of at least 4 members (excludes halogenated alkanes) is 2. The molecule has 0 atom stereocenters. The van der Waals surface area contributed by atoms with Crippen LogP contribution in [-0.4, -0.2) is 37.2 Å². The van der Waals surface area contributed by atoms with Crippen LogP contribution in [0.5, 0.6) is 0 Å². The maximum Gasteiger partial charge on any atom is 0.0621 e. The van der Waals surface area contributed by atoms with Gasteiger partial charge >= 0.3 is 0 Å². The van der Waals surface area contributed by atoms with Gasteiger partial charge in [0.25, 0.3) is 0 Å². The third-order valence-electron chi connectivity index (χ3n) is 2.95. The molecule has 86 valence electrons. The predicted octanol–water partition coefficient (Wildman–Crippen LogP) is 2.18. The number of likely N-dealkylation sites (tertiary alicyclic amines) is 1. The number of nitriles is 1. The lowest BCUT2D eigenvalue weighted by atomic mass is 10.1. The smallest absolute Gasteiger partial charge is 0.0621 e. The van der Waals surface area contributed by atoms with Gasteiger partial charge in [-0.3, -0.25) is 0 Å². The molecule has 0 N–H and O–H groups in total. The molecule has 1 heterocycles. The van der Waals surface area contributed by atoms with Crippen LogP contribution in [0.25, 0.3) is 0 Å². The molecule has 0 radical (unpaired) electrons. The molecule has 0 bridgehead atoms. The van der Waals surface area contributed by atoms with E-state index in [0.717, 1.165) is 39.1 Å². The lowest BCUT2D eigenvalue weighted by Crippen LogP contribution is -2.37. The quantitative estimate of drug-likeness (QED) is 0.630. The second-order valence-corrected chi connectivity index (χ2v) is 4.11. The van der Waals surface area contributed by atoms with Crippen LogP contribution in [0.4, 0.5) is 0 Å². The van der Waals surface area contributed by atoms with Crippen LogP contribution in [0.1, 0.15) is 39.0 Å². The molecule has 1 fully saturated rings. The van der Waals surface area contributed by atoms with E-state index < -0.39 is 0 Å². The van der Waals surface area contributed by atoms with Gasteiger partial charge in [-0.15, -0.1) is 0 Å². The molecule has 1 saturated heterocycles. The molecular formula is C12H22N2O. The van der Waals surface area contributed by atoms with Gasteiger partial charge in [-0.05, 0) is 39.2 Å². The first kappa shape index (κ1) is 12.5. The van der Waals surface area contributed by atoms with Crippen molar-refractivity contribution in [2.45, 2.75) is 45.1 Å². The largest absolute Gasteiger partial charge is 0.378 e. The zero-order valence-electron chi connectivity index (χ0n) is 9.74. The second-order valence-electron chi connectivity index (χ2n) is 4.11. The molecule has 0 saturated carbocycles. The molecule has 0 amide bonds. The summed E-state index contributed by atoms with van der Waals surface area (Å²) in [6, 6.07) is 2.19. The number of ether oxygens (including phenoxy) is 1. The Bertz CT molecular complexity index is 192. The zero-order valence-corrected chi connectivity index (χ0v) is 9.74. The highest BCUT2D eigenvalue weighted by atomic mass is 16.5. The summed E-state index contributed by atoms with van der Waals surface area (Å²) in [4.78, 5) is 2.49. The lowest BCUT2D eigenvalue weighted by molar-refractivity contribution is 0.0140. The fourth-order valence-corrected chi connectivity index (χ4v) is 2.07. The van der Waals surface area contributed by atoms with Crippen molar-refractivity contribution in [1.82, 2.24) is 4.90 Å². The molecule has 1 aliphatic rings. The van der Waals surface area contributed by atoms with E-state index in [9.17, 15) is 0 Å². The third-order valence-corrected chi connectivity index (χ3v) is 2.95. The Morgan fingerprint density at radius 1 is 1.33 bits per heavy atom. The van der Waals surface area contributed by atoms with E-state index >= 15 is 0 Å². The van der Waals surface area contributed by atoms with Crippen LogP contribution in [-0.2, 0) is 4.74 Å². The van der Waals surface area contributed by atoms with Gasteiger partial charge in [0.05, 0.1) is 12.2 Å². The Kier molecular flexibility index (Phi) is 6.38. The summed E-state index contributed by atoms with van der Waals surface area (Å²) in [6.45, 7) is 6.38. The molecule has 0 aliphatic carbocycles. The molecule has 0 aromatic rings. The lowest BCUT2D eigenvalue weighted by Gasteiger charge is -2.31. The van der Waals surface area contributed by atoms with Crippen molar-refractivity contribution in [3.63, 3.8) is 0 Å². The normalized spacial score (nSPS) is 18.9. The van der Waals surface area contributed by atoms with Crippen molar-refractivity contribution < 1.29 is 4.74 Å². The SMILES string of the molecule is CCOC1CCN(CCCCC#N)CC1. The zero-order chi connectivity index (χ0) is 10.9. The van der Waals surface area contributed by atoms with E-state index in [2.05, 4.69) is 17.9 Å². The van der Waals surface area contributed by atoms with E-state index in [0.29, 0.717) is 12.5 Å². The van der Waals surface area contributed by atoms with E-state index in [-0.39, 0.29) is 0 Å². The summed E-state index contributed by atoms with van der Waals surface area (Å²) in [6.07, 6.45) is 5.74. The monoisotopic (exact) mass is 210 g/mol. The standard InChI is InChI=1S/C12H22N2O/c1-2-15-12-6-10-14(11-7-12)9-5-3-4-8-13/h12H,2-7,9-11H2,1H3. The van der Waals surface area contributed by atoms with Crippen LogP contribution in [0.15, 0.2) is 0 Å². The predicted molar refractivity (Wildman–Crippen MR) is 60.6 cm³/mol. The summed E-state index contributed by atoms with van der Waals surface area (Å²) >= 11 is 0. The topological polar surface area (TPSA) is 36.3 Å². The molecule has 0 aromatic heterocycles. The van der Waals surface area contributed by atoms with Crippen LogP contribution in [0, 0.1) is 11.3 Å². The Hall–Kier alpha value is -0.590. The Labute approximate surface area is 93.0 Å². The molecule has 0 unspecified atom stereocenters. The van der Waals surface area contributed by atoms with Crippen LogP contribution in [0.2, 0.25) is 0 Å². The molecule has 1 aliphatic heterocycles. The van der Waals surface area contributed by atoms with Crippen molar-refractivity contribution >= 4 is 0 Å². The van der Waals surface area contributed by atoms with Crippen LogP contribution >= 0.6 is 0 Å². The number of piperidine rings is 1. The van der Waals surface area contributed by atoms with Gasteiger partial charge in [0.15, 0.2) is 0 Å². The van der Waals surface area contributed by atoms with Crippen molar-refractivity contribution in [3.8, 4) is 6.07 Å². The highest BCUT2D eigenvalue weighted by molar-refractivity contribution is 4.73. The Morgan fingerprint density at radius 2 is 2.07 bits per heavy atom. The maximum atomic E-state index is 8.42. The highest BCUT2D eigenvalue weighted by Gasteiger charge is 2.18. The van der Waals surface area contributed by atoms with E-state index in [4.69, 9.17) is 10.00 Å². The first-order valence-electron chi connectivity index (χ1n) is 6.07. The number of hydrogen-bond acceptors (Lipinski definition) is 3. The van der Waals surface area contributed by atoms with Gasteiger partial charge in [-0.1, -0.05) is 0 Å². The number of nitrogens with zero attached hydrogens (tertiary/aromatic N) is 2. The first-order valence-corrected chi connectivity index (χ1v) is 6.07. The van der Waals surface area contributed by atoms with Gasteiger partial charge in [0.2, 0.25) is 0 Å². The van der Waals surface area contributed by atoms with E-state index in [1.165, 1.54) is 12.8 Å². The second kappa shape index (κ2) is 7.67. The molecule has 3 nitrogen and oxygen atoms in total. The van der Waals surface area contributed by atoms with Crippen LogP contribution < -0.4 is 0 Å². The van der Waals surface area contributed by atoms with Crippen LogP contribution in [0.3, 0.4) is 0 Å². The average molecular weight is 210 g/mol. The first-order chi connectivity index (χ1) is 7.36. The van der Waals surface area contributed by atoms with Crippen molar-refractivity contribution in [3.05, 3.63) is 0 Å². The van der Waals surface area contributed by atoms with Crippen molar-refractivity contribution in [1.29, 1.82) is 5.26 Å². The minimum absolute atomic E-state index is 0.491. The van der Waals surface area contributed by atoms with Gasteiger partial charge in [-0.25, -0.2) is 0 Å². The molecule has 1 rings (SSSR count). The minimum atomic E-state index is 0.491. The third kappa shape index (κ3) is 5.15. The molecule has 0 aromatic carbocycles. The summed E-state index contributed by atoms with van der Waals surface area (Å²) in [7, 11) is 0. The minimum Gasteiger partial charge on any atom is -0.378 e.